The standard InChI is InChI=1S/C24H25N3O2S/c1-5-17-8-10-19(11-9-17)27-23(29)21(13-18-7-6-15(2)16(3)12-18)30-24(27)20(14-25)22(28)26-4/h6-12,21H,5,13H2,1-4H3,(H,26,28)/b24-20-. The molecule has 1 unspecified atom stereocenters. The van der Waals surface area contributed by atoms with Gasteiger partial charge in [-0.1, -0.05) is 49.0 Å². The second-order valence-corrected chi connectivity index (χ2v) is 8.49. The Morgan fingerprint density at radius 1 is 1.13 bits per heavy atom. The lowest BCUT2D eigenvalue weighted by molar-refractivity contribution is -0.117. The molecule has 1 aliphatic heterocycles. The van der Waals surface area contributed by atoms with Crippen LogP contribution in [0.4, 0.5) is 5.69 Å². The van der Waals surface area contributed by atoms with Gasteiger partial charge in [-0.3, -0.25) is 14.5 Å². The normalized spacial score (nSPS) is 17.6. The first kappa shape index (κ1) is 21.7. The maximum absolute atomic E-state index is 13.4. The maximum atomic E-state index is 13.4. The first-order valence-electron chi connectivity index (χ1n) is 9.91. The van der Waals surface area contributed by atoms with Crippen LogP contribution in [0.3, 0.4) is 0 Å². The van der Waals surface area contributed by atoms with Gasteiger partial charge in [-0.25, -0.2) is 0 Å². The van der Waals surface area contributed by atoms with E-state index in [1.807, 2.05) is 36.4 Å². The van der Waals surface area contributed by atoms with Crippen molar-refractivity contribution in [2.75, 3.05) is 11.9 Å². The van der Waals surface area contributed by atoms with Crippen LogP contribution in [0.5, 0.6) is 0 Å². The predicted molar refractivity (Wildman–Crippen MR) is 121 cm³/mol. The van der Waals surface area contributed by atoms with Crippen molar-refractivity contribution in [1.29, 1.82) is 5.26 Å². The van der Waals surface area contributed by atoms with Crippen molar-refractivity contribution in [3.05, 3.63) is 75.3 Å². The summed E-state index contributed by atoms with van der Waals surface area (Å²) in [5.41, 5.74) is 5.21. The fourth-order valence-electron chi connectivity index (χ4n) is 3.37. The molecule has 2 aromatic rings. The monoisotopic (exact) mass is 419 g/mol. The molecule has 0 radical (unpaired) electrons. The third kappa shape index (κ3) is 4.27. The van der Waals surface area contributed by atoms with Gasteiger partial charge in [0.15, 0.2) is 0 Å². The Hall–Kier alpha value is -3.04. The van der Waals surface area contributed by atoms with Gasteiger partial charge in [0.2, 0.25) is 5.91 Å². The van der Waals surface area contributed by atoms with Crippen LogP contribution in [0.1, 0.15) is 29.2 Å². The number of anilines is 1. The number of benzene rings is 2. The number of amides is 2. The number of carbonyl (C=O) groups is 2. The van der Waals surface area contributed by atoms with E-state index >= 15 is 0 Å². The molecule has 1 fully saturated rings. The number of nitriles is 1. The quantitative estimate of drug-likeness (QED) is 0.586. The summed E-state index contributed by atoms with van der Waals surface area (Å²) < 4.78 is 0. The van der Waals surface area contributed by atoms with Crippen molar-refractivity contribution < 1.29 is 9.59 Å². The van der Waals surface area contributed by atoms with E-state index in [0.717, 1.165) is 17.5 Å². The lowest BCUT2D eigenvalue weighted by Crippen LogP contribution is -2.31. The van der Waals surface area contributed by atoms with Crippen LogP contribution in [0, 0.1) is 25.2 Å². The summed E-state index contributed by atoms with van der Waals surface area (Å²) in [7, 11) is 1.48. The topological polar surface area (TPSA) is 73.2 Å². The molecule has 2 aromatic carbocycles. The highest BCUT2D eigenvalue weighted by atomic mass is 32.2. The van der Waals surface area contributed by atoms with Gasteiger partial charge in [0, 0.05) is 12.7 Å². The highest BCUT2D eigenvalue weighted by Crippen LogP contribution is 2.42. The Morgan fingerprint density at radius 2 is 1.80 bits per heavy atom. The fourth-order valence-corrected chi connectivity index (χ4v) is 4.68. The average Bonchev–Trinajstić information content (AvgIpc) is 3.06. The van der Waals surface area contributed by atoms with Crippen LogP contribution in [0.15, 0.2) is 53.1 Å². The predicted octanol–water partition coefficient (Wildman–Crippen LogP) is 4.04. The van der Waals surface area contributed by atoms with Crippen LogP contribution < -0.4 is 10.2 Å². The van der Waals surface area contributed by atoms with Crippen molar-refractivity contribution in [2.24, 2.45) is 0 Å². The summed E-state index contributed by atoms with van der Waals surface area (Å²) in [5.74, 6) is -0.607. The van der Waals surface area contributed by atoms with E-state index in [9.17, 15) is 14.9 Å². The van der Waals surface area contributed by atoms with E-state index in [2.05, 4.69) is 38.2 Å². The number of hydrogen-bond acceptors (Lipinski definition) is 4. The second-order valence-electron chi connectivity index (χ2n) is 7.29. The molecule has 5 nitrogen and oxygen atoms in total. The van der Waals surface area contributed by atoms with E-state index in [1.165, 1.54) is 34.8 Å². The van der Waals surface area contributed by atoms with Crippen LogP contribution in [-0.4, -0.2) is 24.1 Å². The Bertz CT molecular complexity index is 1050. The van der Waals surface area contributed by atoms with Crippen molar-refractivity contribution in [3.63, 3.8) is 0 Å². The smallest absolute Gasteiger partial charge is 0.264 e. The molecular weight excluding hydrogens is 394 g/mol. The highest BCUT2D eigenvalue weighted by Gasteiger charge is 2.40. The molecule has 0 saturated carbocycles. The van der Waals surface area contributed by atoms with Gasteiger partial charge in [-0.15, -0.1) is 0 Å². The number of likely N-dealkylation sites (N-methyl/N-ethyl adjacent to an activating group) is 1. The van der Waals surface area contributed by atoms with Gasteiger partial charge >= 0.3 is 0 Å². The first-order valence-corrected chi connectivity index (χ1v) is 10.8. The molecule has 2 amide bonds. The number of nitrogens with one attached hydrogen (secondary N) is 1. The molecule has 1 aliphatic rings. The second kappa shape index (κ2) is 9.19. The average molecular weight is 420 g/mol. The summed E-state index contributed by atoms with van der Waals surface area (Å²) in [6, 6.07) is 15.8. The summed E-state index contributed by atoms with van der Waals surface area (Å²) in [5, 5.41) is 12.1. The molecule has 0 spiro atoms. The van der Waals surface area contributed by atoms with E-state index in [0.29, 0.717) is 17.1 Å². The number of carbonyl (C=O) groups excluding carboxylic acids is 2. The van der Waals surface area contributed by atoms with Gasteiger partial charge in [0.05, 0.1) is 5.25 Å². The SMILES string of the molecule is CCc1ccc(N2C(=O)C(Cc3ccc(C)c(C)c3)S/C2=C(/C#N)C(=O)NC)cc1. The number of aryl methyl sites for hydroxylation is 3. The van der Waals surface area contributed by atoms with Gasteiger partial charge in [0.1, 0.15) is 16.7 Å². The molecule has 1 heterocycles. The van der Waals surface area contributed by atoms with Crippen LogP contribution in [-0.2, 0) is 22.4 Å². The minimum absolute atomic E-state index is 0.0435. The third-order valence-electron chi connectivity index (χ3n) is 5.33. The molecule has 154 valence electrons. The zero-order valence-electron chi connectivity index (χ0n) is 17.7. The molecule has 1 atom stereocenters. The van der Waals surface area contributed by atoms with E-state index in [1.54, 1.807) is 0 Å². The van der Waals surface area contributed by atoms with Crippen LogP contribution in [0.2, 0.25) is 0 Å². The number of rotatable bonds is 5. The first-order chi connectivity index (χ1) is 14.4. The maximum Gasteiger partial charge on any atom is 0.264 e. The highest BCUT2D eigenvalue weighted by molar-refractivity contribution is 8.05. The molecule has 30 heavy (non-hydrogen) atoms. The summed E-state index contributed by atoms with van der Waals surface area (Å²) in [6.07, 6.45) is 1.42. The molecule has 6 heteroatoms. The Labute approximate surface area is 181 Å². The molecule has 0 aromatic heterocycles. The molecule has 0 bridgehead atoms. The van der Waals surface area contributed by atoms with Gasteiger partial charge < -0.3 is 5.32 Å². The largest absolute Gasteiger partial charge is 0.354 e. The minimum Gasteiger partial charge on any atom is -0.354 e. The van der Waals surface area contributed by atoms with E-state index in [-0.39, 0.29) is 11.5 Å². The molecule has 1 saturated heterocycles. The zero-order valence-corrected chi connectivity index (χ0v) is 18.5. The van der Waals surface area contributed by atoms with Crippen LogP contribution >= 0.6 is 11.8 Å². The van der Waals surface area contributed by atoms with Gasteiger partial charge in [-0.2, -0.15) is 5.26 Å². The van der Waals surface area contributed by atoms with Gasteiger partial charge in [0.25, 0.3) is 5.91 Å². The molecular formula is C24H25N3O2S. The Morgan fingerprint density at radius 3 is 2.37 bits per heavy atom. The van der Waals surface area contributed by atoms with Crippen LogP contribution in [0.25, 0.3) is 0 Å². The summed E-state index contributed by atoms with van der Waals surface area (Å²) >= 11 is 1.29. The summed E-state index contributed by atoms with van der Waals surface area (Å²) in [6.45, 7) is 6.17. The Balaban J connectivity index is 2.03. The lowest BCUT2D eigenvalue weighted by atomic mass is 10.0. The minimum atomic E-state index is -0.491. The number of hydrogen-bond donors (Lipinski definition) is 1. The lowest BCUT2D eigenvalue weighted by Gasteiger charge is -2.19. The zero-order chi connectivity index (χ0) is 21.8. The summed E-state index contributed by atoms with van der Waals surface area (Å²) in [4.78, 5) is 27.2. The Kier molecular flexibility index (Phi) is 6.63. The van der Waals surface area contributed by atoms with E-state index < -0.39 is 11.2 Å². The molecule has 0 aliphatic carbocycles. The van der Waals surface area contributed by atoms with E-state index in [4.69, 9.17) is 0 Å². The number of thioether (sulfide) groups is 1. The van der Waals surface area contributed by atoms with Crippen molar-refractivity contribution >= 4 is 29.3 Å². The van der Waals surface area contributed by atoms with Gasteiger partial charge in [-0.05, 0) is 61.1 Å². The fraction of sp³-hybridized carbons (Fsp3) is 0.292. The molecule has 1 N–H and O–H groups in total. The van der Waals surface area contributed by atoms with Crippen molar-refractivity contribution in [1.82, 2.24) is 5.32 Å². The van der Waals surface area contributed by atoms with Crippen molar-refractivity contribution in [3.8, 4) is 6.07 Å². The molecule has 3 rings (SSSR count). The third-order valence-corrected chi connectivity index (χ3v) is 6.59. The number of nitrogens with zero attached hydrogens (tertiary/aromatic N) is 2. The van der Waals surface area contributed by atoms with Crippen molar-refractivity contribution in [2.45, 2.75) is 38.9 Å².